The summed E-state index contributed by atoms with van der Waals surface area (Å²) in [4.78, 5) is 11.6. The molecule has 2 aromatic carbocycles. The van der Waals surface area contributed by atoms with E-state index in [0.717, 1.165) is 48.9 Å². The van der Waals surface area contributed by atoms with Gasteiger partial charge in [-0.25, -0.2) is 0 Å². The van der Waals surface area contributed by atoms with Crippen LogP contribution in [0.5, 0.6) is 0 Å². The summed E-state index contributed by atoms with van der Waals surface area (Å²) in [6, 6.07) is 21.9. The Hall–Kier alpha value is -2.35. The predicted octanol–water partition coefficient (Wildman–Crippen LogP) is 9.74. The van der Waals surface area contributed by atoms with E-state index < -0.39 is 0 Å². The molecule has 0 bridgehead atoms. The minimum Gasteiger partial charge on any atom is -0.463 e. The second-order valence-corrected chi connectivity index (χ2v) is 14.5. The average molecular weight is 539 g/mol. The van der Waals surface area contributed by atoms with E-state index in [1.54, 1.807) is 6.92 Å². The summed E-state index contributed by atoms with van der Waals surface area (Å²) < 4.78 is 5.70. The molecule has 0 N–H and O–H groups in total. The number of rotatable bonds is 6. The van der Waals surface area contributed by atoms with Crippen LogP contribution < -0.4 is 0 Å². The molecule has 4 aliphatic rings. The van der Waals surface area contributed by atoms with E-state index in [0.29, 0.717) is 16.7 Å². The topological polar surface area (TPSA) is 26.3 Å². The zero-order valence-corrected chi connectivity index (χ0v) is 25.3. The molecule has 4 fully saturated rings. The van der Waals surface area contributed by atoms with E-state index in [1.807, 2.05) is 0 Å². The Bertz CT molecular complexity index is 1160. The van der Waals surface area contributed by atoms with Gasteiger partial charge < -0.3 is 4.74 Å². The number of esters is 1. The number of fused-ring (bicyclic) bond motifs is 5. The molecule has 0 heterocycles. The number of hydrogen-bond donors (Lipinski definition) is 0. The standard InChI is InChI=1S/C38H50O2/c1-26(15-17-32(28-11-7-5-8-12-28)29-13-9-6-10-14-29)34-19-20-35-33-18-16-30-25-31(40-27(2)39)21-23-37(30,3)36(33)22-24-38(34,35)4/h5-14,17,26,30-31,33-36H,15-16,18-25H2,1-4H3/t26-,30-,31+,33+,34-,35+,36+,37+,38-/m1/s1. The zero-order valence-electron chi connectivity index (χ0n) is 25.3. The van der Waals surface area contributed by atoms with E-state index in [2.05, 4.69) is 87.5 Å². The summed E-state index contributed by atoms with van der Waals surface area (Å²) in [7, 11) is 0. The second kappa shape index (κ2) is 11.1. The molecule has 214 valence electrons. The van der Waals surface area contributed by atoms with Gasteiger partial charge in [0.1, 0.15) is 6.10 Å². The van der Waals surface area contributed by atoms with E-state index in [-0.39, 0.29) is 12.1 Å². The van der Waals surface area contributed by atoms with E-state index in [1.165, 1.54) is 61.6 Å². The normalized spacial score (nSPS) is 37.4. The number of benzene rings is 2. The SMILES string of the molecule is CC(=O)O[C@H]1CC[C@@]2(C)[C@H](CC[C@@H]3[C@@H]2CC[C@]2(C)[C@@H]([C@H](C)CC=C(c4ccccc4)c4ccccc4)CC[C@@H]32)C1. The highest BCUT2D eigenvalue weighted by Gasteiger charge is 2.60. The number of carbonyl (C=O) groups is 1. The lowest BCUT2D eigenvalue weighted by molar-refractivity contribution is -0.160. The van der Waals surface area contributed by atoms with Crippen LogP contribution in [0.3, 0.4) is 0 Å². The van der Waals surface area contributed by atoms with Crippen molar-refractivity contribution in [3.63, 3.8) is 0 Å². The van der Waals surface area contributed by atoms with Crippen molar-refractivity contribution in [3.05, 3.63) is 77.9 Å². The first-order valence-electron chi connectivity index (χ1n) is 16.3. The zero-order chi connectivity index (χ0) is 27.9. The molecule has 9 atom stereocenters. The molecule has 2 heteroatoms. The van der Waals surface area contributed by atoms with Crippen molar-refractivity contribution in [2.45, 2.75) is 98.0 Å². The highest BCUT2D eigenvalue weighted by molar-refractivity contribution is 5.79. The molecule has 4 saturated carbocycles. The van der Waals surface area contributed by atoms with Gasteiger partial charge >= 0.3 is 5.97 Å². The lowest BCUT2D eigenvalue weighted by Crippen LogP contribution is -2.54. The Balaban J connectivity index is 1.18. The van der Waals surface area contributed by atoms with Crippen LogP contribution in [0.2, 0.25) is 0 Å². The van der Waals surface area contributed by atoms with Crippen molar-refractivity contribution in [2.24, 2.45) is 46.3 Å². The lowest BCUT2D eigenvalue weighted by Gasteiger charge is -2.61. The van der Waals surface area contributed by atoms with Crippen molar-refractivity contribution in [3.8, 4) is 0 Å². The maximum atomic E-state index is 11.6. The Kier molecular flexibility index (Phi) is 7.75. The Morgan fingerprint density at radius 2 is 1.48 bits per heavy atom. The Morgan fingerprint density at radius 1 is 0.850 bits per heavy atom. The first kappa shape index (κ1) is 27.8. The molecule has 0 aromatic heterocycles. The molecular formula is C38H50O2. The monoisotopic (exact) mass is 538 g/mol. The van der Waals surface area contributed by atoms with Crippen LogP contribution in [0.15, 0.2) is 66.7 Å². The van der Waals surface area contributed by atoms with Crippen molar-refractivity contribution in [2.75, 3.05) is 0 Å². The lowest BCUT2D eigenvalue weighted by atomic mass is 9.44. The maximum Gasteiger partial charge on any atom is 0.302 e. The number of ether oxygens (including phenoxy) is 1. The quantitative estimate of drug-likeness (QED) is 0.342. The van der Waals surface area contributed by atoms with Gasteiger partial charge in [0.2, 0.25) is 0 Å². The van der Waals surface area contributed by atoms with E-state index in [9.17, 15) is 4.79 Å². The molecule has 0 spiro atoms. The van der Waals surface area contributed by atoms with Gasteiger partial charge in [0, 0.05) is 6.92 Å². The fraction of sp³-hybridized carbons (Fsp3) is 0.605. The molecule has 0 unspecified atom stereocenters. The highest BCUT2D eigenvalue weighted by atomic mass is 16.5. The molecule has 4 aliphatic carbocycles. The Labute approximate surface area is 243 Å². The predicted molar refractivity (Wildman–Crippen MR) is 165 cm³/mol. The molecule has 2 nitrogen and oxygen atoms in total. The summed E-state index contributed by atoms with van der Waals surface area (Å²) in [6.07, 6.45) is 15.6. The molecule has 0 saturated heterocycles. The third-order valence-electron chi connectivity index (χ3n) is 12.6. The fourth-order valence-corrected chi connectivity index (χ4v) is 10.6. The number of hydrogen-bond acceptors (Lipinski definition) is 2. The third-order valence-corrected chi connectivity index (χ3v) is 12.6. The molecule has 0 amide bonds. The third kappa shape index (κ3) is 4.99. The van der Waals surface area contributed by atoms with E-state index >= 15 is 0 Å². The summed E-state index contributed by atoms with van der Waals surface area (Å²) in [6.45, 7) is 9.43. The van der Waals surface area contributed by atoms with Gasteiger partial charge in [-0.1, -0.05) is 87.5 Å². The van der Waals surface area contributed by atoms with Crippen LogP contribution in [0.1, 0.15) is 103 Å². The maximum absolute atomic E-state index is 11.6. The average Bonchev–Trinajstić information content (AvgIpc) is 3.31. The van der Waals surface area contributed by atoms with Crippen molar-refractivity contribution >= 4 is 11.5 Å². The van der Waals surface area contributed by atoms with Gasteiger partial charge in [-0.05, 0) is 127 Å². The first-order valence-corrected chi connectivity index (χ1v) is 16.3. The van der Waals surface area contributed by atoms with Gasteiger partial charge in [-0.2, -0.15) is 0 Å². The van der Waals surface area contributed by atoms with E-state index in [4.69, 9.17) is 4.74 Å². The molecule has 40 heavy (non-hydrogen) atoms. The minimum atomic E-state index is -0.101. The summed E-state index contributed by atoms with van der Waals surface area (Å²) in [5, 5.41) is 0. The summed E-state index contributed by atoms with van der Waals surface area (Å²) >= 11 is 0. The van der Waals surface area contributed by atoms with Gasteiger partial charge in [0.25, 0.3) is 0 Å². The first-order chi connectivity index (χ1) is 19.3. The molecular weight excluding hydrogens is 488 g/mol. The largest absolute Gasteiger partial charge is 0.463 e. The Morgan fingerprint density at radius 3 is 2.12 bits per heavy atom. The van der Waals surface area contributed by atoms with Crippen molar-refractivity contribution in [1.82, 2.24) is 0 Å². The van der Waals surface area contributed by atoms with Crippen LogP contribution in [0.25, 0.3) is 5.57 Å². The van der Waals surface area contributed by atoms with Crippen molar-refractivity contribution in [1.29, 1.82) is 0 Å². The highest BCUT2D eigenvalue weighted by Crippen LogP contribution is 2.68. The van der Waals surface area contributed by atoms with Crippen molar-refractivity contribution < 1.29 is 9.53 Å². The smallest absolute Gasteiger partial charge is 0.302 e. The van der Waals surface area contributed by atoms with Gasteiger partial charge in [-0.3, -0.25) is 4.79 Å². The van der Waals surface area contributed by atoms with Crippen LogP contribution >= 0.6 is 0 Å². The minimum absolute atomic E-state index is 0.101. The molecule has 6 rings (SSSR count). The summed E-state index contributed by atoms with van der Waals surface area (Å²) in [5.74, 6) is 4.77. The second-order valence-electron chi connectivity index (χ2n) is 14.5. The molecule has 0 radical (unpaired) electrons. The van der Waals surface area contributed by atoms with Crippen LogP contribution in [-0.2, 0) is 9.53 Å². The van der Waals surface area contributed by atoms with Gasteiger partial charge in [-0.15, -0.1) is 0 Å². The molecule has 2 aromatic rings. The van der Waals surface area contributed by atoms with Gasteiger partial charge in [0.15, 0.2) is 0 Å². The van der Waals surface area contributed by atoms with Gasteiger partial charge in [0.05, 0.1) is 0 Å². The molecule has 0 aliphatic heterocycles. The summed E-state index contributed by atoms with van der Waals surface area (Å²) in [5.41, 5.74) is 4.95. The fourth-order valence-electron chi connectivity index (χ4n) is 10.6. The van der Waals surface area contributed by atoms with Crippen LogP contribution in [-0.4, -0.2) is 12.1 Å². The van der Waals surface area contributed by atoms with Crippen LogP contribution in [0, 0.1) is 46.3 Å². The number of carbonyl (C=O) groups excluding carboxylic acids is 1. The number of allylic oxidation sites excluding steroid dienone is 1. The van der Waals surface area contributed by atoms with Crippen LogP contribution in [0.4, 0.5) is 0 Å².